The van der Waals surface area contributed by atoms with Crippen molar-refractivity contribution in [1.29, 1.82) is 0 Å². The molecular weight excluding hydrogens is 146 g/mol. The van der Waals surface area contributed by atoms with Gasteiger partial charge in [-0.15, -0.1) is 0 Å². The standard InChI is InChI=1S/C11H12N/c1-9-7-10-5-3-4-6-11(10)8-12(9)2/h3-8H,1-2H3/q+1. The highest BCUT2D eigenvalue weighted by Gasteiger charge is 2.01. The van der Waals surface area contributed by atoms with Gasteiger partial charge < -0.3 is 0 Å². The van der Waals surface area contributed by atoms with Gasteiger partial charge in [0.2, 0.25) is 0 Å². The van der Waals surface area contributed by atoms with Gasteiger partial charge in [0.15, 0.2) is 11.9 Å². The lowest BCUT2D eigenvalue weighted by Crippen LogP contribution is -2.30. The molecule has 2 rings (SSSR count). The Morgan fingerprint density at radius 2 is 1.75 bits per heavy atom. The van der Waals surface area contributed by atoms with E-state index in [-0.39, 0.29) is 0 Å². The Hall–Kier alpha value is -1.37. The molecule has 0 bridgehead atoms. The van der Waals surface area contributed by atoms with Crippen LogP contribution in [0, 0.1) is 6.92 Å². The summed E-state index contributed by atoms with van der Waals surface area (Å²) in [6, 6.07) is 10.6. The zero-order valence-electron chi connectivity index (χ0n) is 7.41. The van der Waals surface area contributed by atoms with Crippen LogP contribution >= 0.6 is 0 Å². The van der Waals surface area contributed by atoms with Crippen LogP contribution in [0.1, 0.15) is 5.69 Å². The maximum Gasteiger partial charge on any atom is 0.178 e. The van der Waals surface area contributed by atoms with Crippen LogP contribution in [-0.2, 0) is 7.05 Å². The van der Waals surface area contributed by atoms with E-state index in [4.69, 9.17) is 0 Å². The zero-order valence-corrected chi connectivity index (χ0v) is 7.41. The average Bonchev–Trinajstić information content (AvgIpc) is 2.07. The minimum Gasteiger partial charge on any atom is -0.205 e. The van der Waals surface area contributed by atoms with E-state index in [0.717, 1.165) is 0 Å². The van der Waals surface area contributed by atoms with E-state index in [1.807, 2.05) is 0 Å². The molecule has 0 saturated heterocycles. The van der Waals surface area contributed by atoms with E-state index in [1.165, 1.54) is 16.5 Å². The lowest BCUT2D eigenvalue weighted by atomic mass is 10.1. The fourth-order valence-corrected chi connectivity index (χ4v) is 1.40. The summed E-state index contributed by atoms with van der Waals surface area (Å²) in [5.41, 5.74) is 1.29. The maximum atomic E-state index is 2.20. The number of hydrogen-bond acceptors (Lipinski definition) is 0. The van der Waals surface area contributed by atoms with E-state index in [0.29, 0.717) is 0 Å². The summed E-state index contributed by atoms with van der Waals surface area (Å²) in [6.07, 6.45) is 2.16. The molecule has 0 amide bonds. The fraction of sp³-hybridized carbons (Fsp3) is 0.182. The zero-order chi connectivity index (χ0) is 8.55. The lowest BCUT2D eigenvalue weighted by Gasteiger charge is -1.97. The number of nitrogens with zero attached hydrogens (tertiary/aromatic N) is 1. The minimum atomic E-state index is 1.29. The SMILES string of the molecule is Cc1cc2ccccc2c[n+]1C. The highest BCUT2D eigenvalue weighted by molar-refractivity contribution is 5.80. The lowest BCUT2D eigenvalue weighted by molar-refractivity contribution is -0.676. The van der Waals surface area contributed by atoms with Crippen LogP contribution in [0.25, 0.3) is 10.8 Å². The van der Waals surface area contributed by atoms with E-state index < -0.39 is 0 Å². The van der Waals surface area contributed by atoms with Crippen molar-refractivity contribution in [3.8, 4) is 0 Å². The van der Waals surface area contributed by atoms with Crippen molar-refractivity contribution in [2.24, 2.45) is 7.05 Å². The van der Waals surface area contributed by atoms with Crippen molar-refractivity contribution in [3.63, 3.8) is 0 Å². The van der Waals surface area contributed by atoms with Gasteiger partial charge in [-0.3, -0.25) is 0 Å². The molecule has 0 atom stereocenters. The molecule has 1 nitrogen and oxygen atoms in total. The maximum absolute atomic E-state index is 2.20. The summed E-state index contributed by atoms with van der Waals surface area (Å²) < 4.78 is 2.14. The number of aryl methyl sites for hydroxylation is 2. The normalized spacial score (nSPS) is 10.5. The van der Waals surface area contributed by atoms with Crippen LogP contribution in [0.3, 0.4) is 0 Å². The first-order chi connectivity index (χ1) is 5.77. The van der Waals surface area contributed by atoms with Crippen LogP contribution in [0.2, 0.25) is 0 Å². The molecule has 0 radical (unpaired) electrons. The van der Waals surface area contributed by atoms with Crippen molar-refractivity contribution >= 4 is 10.8 Å². The Bertz CT molecular complexity index is 378. The Labute approximate surface area is 72.3 Å². The van der Waals surface area contributed by atoms with E-state index in [9.17, 15) is 0 Å². The number of fused-ring (bicyclic) bond motifs is 1. The third kappa shape index (κ3) is 1.07. The quantitative estimate of drug-likeness (QED) is 0.516. The van der Waals surface area contributed by atoms with Gasteiger partial charge in [-0.1, -0.05) is 18.2 Å². The number of hydrogen-bond donors (Lipinski definition) is 0. The molecule has 1 heterocycles. The van der Waals surface area contributed by atoms with Gasteiger partial charge in [0.25, 0.3) is 0 Å². The molecule has 0 aliphatic carbocycles. The second kappa shape index (κ2) is 2.59. The van der Waals surface area contributed by atoms with Crippen molar-refractivity contribution in [2.45, 2.75) is 6.92 Å². The highest BCUT2D eigenvalue weighted by Crippen LogP contribution is 2.11. The topological polar surface area (TPSA) is 3.88 Å². The molecule has 0 unspecified atom stereocenters. The Kier molecular flexibility index (Phi) is 1.58. The van der Waals surface area contributed by atoms with Crippen LogP contribution < -0.4 is 4.57 Å². The predicted octanol–water partition coefficient (Wildman–Crippen LogP) is 1.97. The molecule has 1 aromatic carbocycles. The van der Waals surface area contributed by atoms with Crippen LogP contribution in [-0.4, -0.2) is 0 Å². The third-order valence-corrected chi connectivity index (χ3v) is 2.25. The monoisotopic (exact) mass is 158 g/mol. The molecule has 1 heteroatoms. The van der Waals surface area contributed by atoms with Crippen LogP contribution in [0.4, 0.5) is 0 Å². The molecule has 0 fully saturated rings. The largest absolute Gasteiger partial charge is 0.205 e. The molecule has 2 aromatic rings. The minimum absolute atomic E-state index is 1.29. The molecular formula is C11H12N+. The molecule has 12 heavy (non-hydrogen) atoms. The van der Waals surface area contributed by atoms with Gasteiger partial charge in [0.05, 0.1) is 0 Å². The highest BCUT2D eigenvalue weighted by atomic mass is 14.9. The summed E-state index contributed by atoms with van der Waals surface area (Å²) in [6.45, 7) is 2.12. The third-order valence-electron chi connectivity index (χ3n) is 2.25. The number of benzene rings is 1. The van der Waals surface area contributed by atoms with Crippen molar-refractivity contribution in [2.75, 3.05) is 0 Å². The van der Waals surface area contributed by atoms with Gasteiger partial charge in [-0.05, 0) is 11.5 Å². The molecule has 0 saturated carbocycles. The molecule has 1 aromatic heterocycles. The van der Waals surface area contributed by atoms with Crippen molar-refractivity contribution in [1.82, 2.24) is 0 Å². The fourth-order valence-electron chi connectivity index (χ4n) is 1.40. The Morgan fingerprint density at radius 1 is 1.08 bits per heavy atom. The van der Waals surface area contributed by atoms with Crippen LogP contribution in [0.5, 0.6) is 0 Å². The van der Waals surface area contributed by atoms with Crippen molar-refractivity contribution in [3.05, 3.63) is 42.2 Å². The summed E-state index contributed by atoms with van der Waals surface area (Å²) >= 11 is 0. The first-order valence-electron chi connectivity index (χ1n) is 4.12. The number of rotatable bonds is 0. The molecule has 0 N–H and O–H groups in total. The number of pyridine rings is 1. The van der Waals surface area contributed by atoms with E-state index in [1.54, 1.807) is 0 Å². The second-order valence-electron chi connectivity index (χ2n) is 3.15. The van der Waals surface area contributed by atoms with E-state index >= 15 is 0 Å². The van der Waals surface area contributed by atoms with E-state index in [2.05, 4.69) is 55.1 Å². The summed E-state index contributed by atoms with van der Waals surface area (Å²) in [5, 5.41) is 2.61. The number of aromatic nitrogens is 1. The van der Waals surface area contributed by atoms with Gasteiger partial charge in [0.1, 0.15) is 7.05 Å². The first-order valence-corrected chi connectivity index (χ1v) is 4.12. The molecule has 0 spiro atoms. The Morgan fingerprint density at radius 3 is 2.50 bits per heavy atom. The van der Waals surface area contributed by atoms with Gasteiger partial charge in [-0.25, -0.2) is 4.57 Å². The summed E-state index contributed by atoms with van der Waals surface area (Å²) in [4.78, 5) is 0. The smallest absolute Gasteiger partial charge is 0.178 e. The molecule has 0 aliphatic heterocycles. The van der Waals surface area contributed by atoms with Gasteiger partial charge in [0, 0.05) is 18.4 Å². The van der Waals surface area contributed by atoms with Gasteiger partial charge >= 0.3 is 0 Å². The Balaban J connectivity index is 2.84. The summed E-state index contributed by atoms with van der Waals surface area (Å²) in [5.74, 6) is 0. The van der Waals surface area contributed by atoms with Crippen LogP contribution in [0.15, 0.2) is 36.5 Å². The second-order valence-corrected chi connectivity index (χ2v) is 3.15. The first kappa shape index (κ1) is 7.29. The molecule has 0 aliphatic rings. The summed E-state index contributed by atoms with van der Waals surface area (Å²) in [7, 11) is 2.07. The average molecular weight is 158 g/mol. The van der Waals surface area contributed by atoms with Crippen molar-refractivity contribution < 1.29 is 4.57 Å². The van der Waals surface area contributed by atoms with Gasteiger partial charge in [-0.2, -0.15) is 0 Å². The molecule has 60 valence electrons. The predicted molar refractivity (Wildman–Crippen MR) is 49.9 cm³/mol.